The molecule has 1 aliphatic rings. The van der Waals surface area contributed by atoms with Gasteiger partial charge in [-0.25, -0.2) is 4.98 Å². The van der Waals surface area contributed by atoms with Crippen LogP contribution in [0, 0.1) is 13.8 Å². The van der Waals surface area contributed by atoms with Gasteiger partial charge in [-0.05, 0) is 76.5 Å². The third kappa shape index (κ3) is 4.54. The Morgan fingerprint density at radius 1 is 1.14 bits per heavy atom. The van der Waals surface area contributed by atoms with E-state index in [2.05, 4.69) is 23.2 Å². The summed E-state index contributed by atoms with van der Waals surface area (Å²) >= 11 is 1.49. The van der Waals surface area contributed by atoms with E-state index >= 15 is 0 Å². The topological polar surface area (TPSA) is 50.2 Å². The van der Waals surface area contributed by atoms with Crippen molar-refractivity contribution in [2.24, 2.45) is 0 Å². The summed E-state index contributed by atoms with van der Waals surface area (Å²) in [4.78, 5) is 22.0. The molecule has 0 spiro atoms. The third-order valence-electron chi connectivity index (χ3n) is 5.67. The van der Waals surface area contributed by atoms with Crippen LogP contribution in [0.5, 0.6) is 0 Å². The fourth-order valence-electron chi connectivity index (χ4n) is 4.25. The molecule has 0 radical (unpaired) electrons. The van der Waals surface area contributed by atoms with Crippen molar-refractivity contribution in [1.82, 2.24) is 19.8 Å². The van der Waals surface area contributed by atoms with E-state index < -0.39 is 0 Å². The van der Waals surface area contributed by atoms with Crippen molar-refractivity contribution in [1.29, 1.82) is 0 Å². The molecule has 3 aromatic rings. The Morgan fingerprint density at radius 3 is 2.59 bits per heavy atom. The molecule has 1 aliphatic heterocycles. The minimum atomic E-state index is 0.00428. The minimum Gasteiger partial charge on any atom is -0.351 e. The van der Waals surface area contributed by atoms with Crippen molar-refractivity contribution < 1.29 is 4.79 Å². The molecule has 0 aromatic carbocycles. The SMILES string of the molecule is Cc1cc(C)c2c(-n3cccc3)c(C(=O)NCCCN3CCCCCC3)sc2n1. The summed E-state index contributed by atoms with van der Waals surface area (Å²) in [5.41, 5.74) is 3.09. The van der Waals surface area contributed by atoms with E-state index in [9.17, 15) is 4.79 Å². The van der Waals surface area contributed by atoms with Gasteiger partial charge in [0.05, 0.1) is 5.69 Å². The molecule has 0 bridgehead atoms. The van der Waals surface area contributed by atoms with Crippen LogP contribution in [0.2, 0.25) is 0 Å². The minimum absolute atomic E-state index is 0.00428. The van der Waals surface area contributed by atoms with Crippen LogP contribution < -0.4 is 5.32 Å². The van der Waals surface area contributed by atoms with Crippen molar-refractivity contribution >= 4 is 27.5 Å². The standard InChI is InChI=1S/C23H30N4OS/c1-17-16-18(2)25-23-19(17)20(27-14-7-8-15-27)21(29-23)22(28)24-10-9-13-26-11-5-3-4-6-12-26/h7-8,14-16H,3-6,9-13H2,1-2H3,(H,24,28). The van der Waals surface area contributed by atoms with E-state index in [0.717, 1.165) is 45.0 Å². The van der Waals surface area contributed by atoms with Gasteiger partial charge in [0.25, 0.3) is 5.91 Å². The monoisotopic (exact) mass is 410 g/mol. The van der Waals surface area contributed by atoms with Crippen molar-refractivity contribution in [2.45, 2.75) is 46.0 Å². The molecule has 4 rings (SSSR count). The molecular formula is C23H30N4OS. The van der Waals surface area contributed by atoms with Crippen molar-refractivity contribution in [3.63, 3.8) is 0 Å². The number of carbonyl (C=O) groups excluding carboxylic acids is 1. The number of pyridine rings is 1. The fraction of sp³-hybridized carbons (Fsp3) is 0.478. The van der Waals surface area contributed by atoms with Gasteiger partial charge in [-0.2, -0.15) is 0 Å². The average Bonchev–Trinajstić information content (AvgIpc) is 3.27. The quantitative estimate of drug-likeness (QED) is 0.599. The lowest BCUT2D eigenvalue weighted by molar-refractivity contribution is 0.0956. The summed E-state index contributed by atoms with van der Waals surface area (Å²) < 4.78 is 2.04. The van der Waals surface area contributed by atoms with Crippen LogP contribution in [0.1, 0.15) is 53.0 Å². The highest BCUT2D eigenvalue weighted by molar-refractivity contribution is 7.21. The molecule has 29 heavy (non-hydrogen) atoms. The number of aryl methyl sites for hydroxylation is 2. The molecular weight excluding hydrogens is 380 g/mol. The Bertz CT molecular complexity index is 969. The Morgan fingerprint density at radius 2 is 1.86 bits per heavy atom. The number of aromatic nitrogens is 2. The van der Waals surface area contributed by atoms with Crippen molar-refractivity contribution in [3.8, 4) is 5.69 Å². The van der Waals surface area contributed by atoms with Gasteiger partial charge in [0, 0.05) is 30.0 Å². The highest BCUT2D eigenvalue weighted by Gasteiger charge is 2.22. The second-order valence-electron chi connectivity index (χ2n) is 8.00. The van der Waals surface area contributed by atoms with Crippen LogP contribution in [-0.2, 0) is 0 Å². The largest absolute Gasteiger partial charge is 0.351 e. The number of likely N-dealkylation sites (tertiary alicyclic amines) is 1. The molecule has 1 N–H and O–H groups in total. The van der Waals surface area contributed by atoms with E-state index in [0.29, 0.717) is 6.54 Å². The number of fused-ring (bicyclic) bond motifs is 1. The van der Waals surface area contributed by atoms with Crippen LogP contribution in [0.25, 0.3) is 15.9 Å². The lowest BCUT2D eigenvalue weighted by Crippen LogP contribution is -2.30. The van der Waals surface area contributed by atoms with E-state index in [1.807, 2.05) is 36.0 Å². The molecule has 0 saturated carbocycles. The predicted octanol–water partition coefficient (Wildman–Crippen LogP) is 4.70. The van der Waals surface area contributed by atoms with Gasteiger partial charge in [-0.3, -0.25) is 4.79 Å². The summed E-state index contributed by atoms with van der Waals surface area (Å²) in [7, 11) is 0. The molecule has 3 aromatic heterocycles. The number of rotatable bonds is 6. The van der Waals surface area contributed by atoms with Crippen molar-refractivity contribution in [3.05, 3.63) is 46.7 Å². The highest BCUT2D eigenvalue weighted by atomic mass is 32.1. The van der Waals surface area contributed by atoms with E-state index in [1.165, 1.54) is 50.1 Å². The number of hydrogen-bond acceptors (Lipinski definition) is 4. The Balaban J connectivity index is 1.50. The zero-order valence-electron chi connectivity index (χ0n) is 17.4. The van der Waals surface area contributed by atoms with Crippen LogP contribution >= 0.6 is 11.3 Å². The average molecular weight is 411 g/mol. The number of thiophene rings is 1. The van der Waals surface area contributed by atoms with E-state index in [4.69, 9.17) is 4.98 Å². The second kappa shape index (κ2) is 9.09. The molecule has 5 nitrogen and oxygen atoms in total. The van der Waals surface area contributed by atoms with Gasteiger partial charge in [-0.1, -0.05) is 12.8 Å². The summed E-state index contributed by atoms with van der Waals surface area (Å²) in [5.74, 6) is 0.00428. The number of amides is 1. The van der Waals surface area contributed by atoms with E-state index in [1.54, 1.807) is 0 Å². The summed E-state index contributed by atoms with van der Waals surface area (Å²) in [6, 6.07) is 6.07. The molecule has 0 aliphatic carbocycles. The van der Waals surface area contributed by atoms with Crippen LogP contribution in [0.4, 0.5) is 0 Å². The summed E-state index contributed by atoms with van der Waals surface area (Å²) in [5, 5.41) is 4.23. The zero-order valence-corrected chi connectivity index (χ0v) is 18.2. The van der Waals surface area contributed by atoms with Crippen LogP contribution in [-0.4, -0.2) is 46.5 Å². The molecule has 1 amide bonds. The third-order valence-corrected chi connectivity index (χ3v) is 6.74. The highest BCUT2D eigenvalue weighted by Crippen LogP contribution is 2.35. The normalized spacial score (nSPS) is 15.5. The second-order valence-corrected chi connectivity index (χ2v) is 9.00. The van der Waals surface area contributed by atoms with Crippen molar-refractivity contribution in [2.75, 3.05) is 26.2 Å². The summed E-state index contributed by atoms with van der Waals surface area (Å²) in [6.07, 6.45) is 10.3. The number of hydrogen-bond donors (Lipinski definition) is 1. The van der Waals surface area contributed by atoms with E-state index in [-0.39, 0.29) is 5.91 Å². The maximum atomic E-state index is 13.1. The number of nitrogens with zero attached hydrogens (tertiary/aromatic N) is 3. The Hall–Kier alpha value is -2.18. The van der Waals surface area contributed by atoms with Gasteiger partial charge in [-0.15, -0.1) is 11.3 Å². The lowest BCUT2D eigenvalue weighted by atomic mass is 10.1. The molecule has 154 valence electrons. The predicted molar refractivity (Wildman–Crippen MR) is 120 cm³/mol. The van der Waals surface area contributed by atoms with Gasteiger partial charge >= 0.3 is 0 Å². The Kier molecular flexibility index (Phi) is 6.31. The first kappa shape index (κ1) is 20.1. The summed E-state index contributed by atoms with van der Waals surface area (Å²) in [6.45, 7) is 8.28. The van der Waals surface area contributed by atoms with Crippen LogP contribution in [0.15, 0.2) is 30.6 Å². The maximum absolute atomic E-state index is 13.1. The molecule has 1 fully saturated rings. The molecule has 6 heteroatoms. The van der Waals surface area contributed by atoms with Gasteiger partial charge in [0.15, 0.2) is 0 Å². The van der Waals surface area contributed by atoms with Gasteiger partial charge < -0.3 is 14.8 Å². The van der Waals surface area contributed by atoms with Crippen LogP contribution in [0.3, 0.4) is 0 Å². The maximum Gasteiger partial charge on any atom is 0.263 e. The number of nitrogens with one attached hydrogen (secondary N) is 1. The smallest absolute Gasteiger partial charge is 0.263 e. The number of carbonyl (C=O) groups is 1. The lowest BCUT2D eigenvalue weighted by Gasteiger charge is -2.19. The molecule has 0 unspecified atom stereocenters. The molecule has 0 atom stereocenters. The first-order valence-electron chi connectivity index (χ1n) is 10.7. The fourth-order valence-corrected chi connectivity index (χ4v) is 5.46. The Labute approximate surface area is 176 Å². The first-order chi connectivity index (χ1) is 14.1. The first-order valence-corrected chi connectivity index (χ1v) is 11.5. The zero-order chi connectivity index (χ0) is 20.2. The molecule has 1 saturated heterocycles. The molecule has 4 heterocycles. The van der Waals surface area contributed by atoms with Gasteiger partial charge in [0.1, 0.15) is 9.71 Å². The van der Waals surface area contributed by atoms with Gasteiger partial charge in [0.2, 0.25) is 0 Å².